The lowest BCUT2D eigenvalue weighted by Gasteiger charge is -2.10. The number of nitrogens with one attached hydrogen (secondary N) is 1. The van der Waals surface area contributed by atoms with Gasteiger partial charge >= 0.3 is 0 Å². The molecule has 3 aromatic rings. The first kappa shape index (κ1) is 16.9. The fraction of sp³-hybridized carbons (Fsp3) is 0.250. The van der Waals surface area contributed by atoms with Crippen LogP contribution in [0.3, 0.4) is 0 Å². The summed E-state index contributed by atoms with van der Waals surface area (Å²) in [6, 6.07) is 11.5. The number of nitrogens with zero attached hydrogens (tertiary/aromatic N) is 2. The minimum absolute atomic E-state index is 0.117. The number of hydrogen-bond donors (Lipinski definition) is 1. The Hall–Kier alpha value is -2.95. The molecule has 0 aliphatic carbocycles. The highest BCUT2D eigenvalue weighted by Crippen LogP contribution is 2.16. The molecule has 128 valence electrons. The third-order valence-corrected chi connectivity index (χ3v) is 4.30. The second kappa shape index (κ2) is 6.89. The van der Waals surface area contributed by atoms with Crippen molar-refractivity contribution in [2.45, 2.75) is 33.7 Å². The molecular formula is C20H21N3O2. The highest BCUT2D eigenvalue weighted by molar-refractivity contribution is 5.91. The van der Waals surface area contributed by atoms with E-state index in [1.165, 1.54) is 10.9 Å². The first-order valence-electron chi connectivity index (χ1n) is 8.27. The molecule has 0 fully saturated rings. The Balaban J connectivity index is 1.74. The summed E-state index contributed by atoms with van der Waals surface area (Å²) in [6.07, 6.45) is 1.73. The van der Waals surface area contributed by atoms with Crippen LogP contribution in [-0.2, 0) is 11.3 Å². The molecule has 1 heterocycles. The van der Waals surface area contributed by atoms with E-state index in [-0.39, 0.29) is 17.9 Å². The predicted molar refractivity (Wildman–Crippen MR) is 99.9 cm³/mol. The lowest BCUT2D eigenvalue weighted by molar-refractivity contribution is -0.116. The molecule has 1 aromatic heterocycles. The standard InChI is InChI=1S/C20H21N3O2/c1-13-7-8-14(2)17(11-13)22-18(24)9-10-23-12-21-19-15(3)5-4-6-16(19)20(23)25/h4-8,11-12H,9-10H2,1-3H3,(H,22,24). The summed E-state index contributed by atoms with van der Waals surface area (Å²) in [4.78, 5) is 29.1. The number of hydrogen-bond acceptors (Lipinski definition) is 3. The molecule has 0 saturated heterocycles. The van der Waals surface area contributed by atoms with Crippen LogP contribution >= 0.6 is 0 Å². The zero-order valence-electron chi connectivity index (χ0n) is 14.7. The first-order chi connectivity index (χ1) is 12.0. The van der Waals surface area contributed by atoms with Gasteiger partial charge in [0.1, 0.15) is 0 Å². The van der Waals surface area contributed by atoms with Crippen LogP contribution in [0, 0.1) is 20.8 Å². The molecule has 0 aliphatic heterocycles. The van der Waals surface area contributed by atoms with Gasteiger partial charge in [-0.15, -0.1) is 0 Å². The van der Waals surface area contributed by atoms with Gasteiger partial charge in [-0.25, -0.2) is 4.98 Å². The number of carbonyl (C=O) groups is 1. The maximum absolute atomic E-state index is 12.5. The topological polar surface area (TPSA) is 64.0 Å². The monoisotopic (exact) mass is 335 g/mol. The molecule has 0 radical (unpaired) electrons. The van der Waals surface area contributed by atoms with E-state index in [0.717, 1.165) is 22.4 Å². The Labute approximate surface area is 146 Å². The number of fused-ring (bicyclic) bond motifs is 1. The largest absolute Gasteiger partial charge is 0.326 e. The quantitative estimate of drug-likeness (QED) is 0.795. The van der Waals surface area contributed by atoms with Crippen LogP contribution < -0.4 is 10.9 Å². The van der Waals surface area contributed by atoms with Gasteiger partial charge in [0.05, 0.1) is 17.2 Å². The predicted octanol–water partition coefficient (Wildman–Crippen LogP) is 3.35. The smallest absolute Gasteiger partial charge is 0.261 e. The summed E-state index contributed by atoms with van der Waals surface area (Å²) in [5.74, 6) is -0.120. The minimum atomic E-state index is -0.120. The lowest BCUT2D eigenvalue weighted by atomic mass is 10.1. The van der Waals surface area contributed by atoms with E-state index in [9.17, 15) is 9.59 Å². The van der Waals surface area contributed by atoms with E-state index < -0.39 is 0 Å². The molecule has 5 heteroatoms. The van der Waals surface area contributed by atoms with Crippen molar-refractivity contribution < 1.29 is 4.79 Å². The highest BCUT2D eigenvalue weighted by Gasteiger charge is 2.09. The molecule has 0 bridgehead atoms. The molecule has 0 unspecified atom stereocenters. The molecule has 2 aromatic carbocycles. The Morgan fingerprint density at radius 1 is 1.12 bits per heavy atom. The fourth-order valence-corrected chi connectivity index (χ4v) is 2.80. The van der Waals surface area contributed by atoms with E-state index in [2.05, 4.69) is 10.3 Å². The van der Waals surface area contributed by atoms with E-state index in [1.54, 1.807) is 6.07 Å². The highest BCUT2D eigenvalue weighted by atomic mass is 16.2. The van der Waals surface area contributed by atoms with Crippen molar-refractivity contribution in [2.24, 2.45) is 0 Å². The number of rotatable bonds is 4. The average Bonchev–Trinajstić information content (AvgIpc) is 2.58. The molecule has 1 amide bonds. The van der Waals surface area contributed by atoms with Crippen molar-refractivity contribution in [3.63, 3.8) is 0 Å². The summed E-state index contributed by atoms with van der Waals surface area (Å²) in [5.41, 5.74) is 4.47. The molecule has 5 nitrogen and oxygen atoms in total. The lowest BCUT2D eigenvalue weighted by Crippen LogP contribution is -2.24. The SMILES string of the molecule is Cc1ccc(C)c(NC(=O)CCn2cnc3c(C)cccc3c2=O)c1. The van der Waals surface area contributed by atoms with Gasteiger partial charge in [0, 0.05) is 18.7 Å². The van der Waals surface area contributed by atoms with Gasteiger partial charge in [-0.1, -0.05) is 24.3 Å². The number of aryl methyl sites for hydroxylation is 4. The Morgan fingerprint density at radius 2 is 1.92 bits per heavy atom. The third kappa shape index (κ3) is 3.60. The molecule has 1 N–H and O–H groups in total. The van der Waals surface area contributed by atoms with Crippen molar-refractivity contribution >= 4 is 22.5 Å². The number of aromatic nitrogens is 2. The minimum Gasteiger partial charge on any atom is -0.326 e. The summed E-state index contributed by atoms with van der Waals surface area (Å²) in [5, 5.41) is 3.49. The molecule has 3 rings (SSSR count). The maximum Gasteiger partial charge on any atom is 0.261 e. The van der Waals surface area contributed by atoms with Crippen LogP contribution in [0.5, 0.6) is 0 Å². The van der Waals surface area contributed by atoms with E-state index in [4.69, 9.17) is 0 Å². The first-order valence-corrected chi connectivity index (χ1v) is 8.27. The number of anilines is 1. The second-order valence-corrected chi connectivity index (χ2v) is 6.33. The number of benzene rings is 2. The zero-order valence-corrected chi connectivity index (χ0v) is 14.7. The number of amides is 1. The van der Waals surface area contributed by atoms with Crippen molar-refractivity contribution in [3.8, 4) is 0 Å². The van der Waals surface area contributed by atoms with E-state index >= 15 is 0 Å². The van der Waals surface area contributed by atoms with Crippen LogP contribution in [0.15, 0.2) is 47.5 Å². The van der Waals surface area contributed by atoms with Gasteiger partial charge in [0.2, 0.25) is 5.91 Å². The van der Waals surface area contributed by atoms with Gasteiger partial charge in [-0.05, 0) is 49.6 Å². The molecule has 0 saturated carbocycles. The van der Waals surface area contributed by atoms with Crippen LogP contribution in [0.25, 0.3) is 10.9 Å². The fourth-order valence-electron chi connectivity index (χ4n) is 2.80. The van der Waals surface area contributed by atoms with Crippen molar-refractivity contribution in [3.05, 3.63) is 69.8 Å². The summed E-state index contributed by atoms with van der Waals surface area (Å²) in [7, 11) is 0. The van der Waals surface area contributed by atoms with Crippen molar-refractivity contribution in [2.75, 3.05) is 5.32 Å². The summed E-state index contributed by atoms with van der Waals surface area (Å²) in [6.45, 7) is 6.16. The number of para-hydroxylation sites is 1. The molecule has 0 atom stereocenters. The second-order valence-electron chi connectivity index (χ2n) is 6.33. The van der Waals surface area contributed by atoms with Gasteiger partial charge in [-0.3, -0.25) is 14.2 Å². The summed E-state index contributed by atoms with van der Waals surface area (Å²) < 4.78 is 1.49. The van der Waals surface area contributed by atoms with E-state index in [0.29, 0.717) is 17.4 Å². The molecule has 0 spiro atoms. The Bertz CT molecular complexity index is 1010. The van der Waals surface area contributed by atoms with Crippen molar-refractivity contribution in [1.82, 2.24) is 9.55 Å². The average molecular weight is 335 g/mol. The summed E-state index contributed by atoms with van der Waals surface area (Å²) >= 11 is 0. The van der Waals surface area contributed by atoms with Crippen LogP contribution in [-0.4, -0.2) is 15.5 Å². The Kier molecular flexibility index (Phi) is 4.65. The van der Waals surface area contributed by atoms with Crippen LogP contribution in [0.4, 0.5) is 5.69 Å². The van der Waals surface area contributed by atoms with Gasteiger partial charge in [0.15, 0.2) is 0 Å². The van der Waals surface area contributed by atoms with Gasteiger partial charge < -0.3 is 5.32 Å². The molecular weight excluding hydrogens is 314 g/mol. The van der Waals surface area contributed by atoms with Crippen molar-refractivity contribution in [1.29, 1.82) is 0 Å². The van der Waals surface area contributed by atoms with Gasteiger partial charge in [-0.2, -0.15) is 0 Å². The Morgan fingerprint density at radius 3 is 2.72 bits per heavy atom. The molecule has 0 aliphatic rings. The maximum atomic E-state index is 12.5. The number of carbonyl (C=O) groups excluding carboxylic acids is 1. The third-order valence-electron chi connectivity index (χ3n) is 4.30. The van der Waals surface area contributed by atoms with E-state index in [1.807, 2.05) is 51.1 Å². The zero-order chi connectivity index (χ0) is 18.0. The molecule has 25 heavy (non-hydrogen) atoms. The van der Waals surface area contributed by atoms with Gasteiger partial charge in [0.25, 0.3) is 5.56 Å². The van der Waals surface area contributed by atoms with Crippen LogP contribution in [0.2, 0.25) is 0 Å². The normalized spacial score (nSPS) is 10.8. The van der Waals surface area contributed by atoms with Crippen LogP contribution in [0.1, 0.15) is 23.1 Å².